The van der Waals surface area contributed by atoms with Gasteiger partial charge in [0.1, 0.15) is 4.90 Å². The maximum Gasteiger partial charge on any atom is 0.256 e. The SMILES string of the molecule is CCn1cc(C(=O)N2CCN(S(=O)(=O)c3cccnc3)CC2)c2ccccc21. The van der Waals surface area contributed by atoms with E-state index in [1.165, 1.54) is 10.5 Å². The number of piperazine rings is 1. The topological polar surface area (TPSA) is 75.5 Å². The van der Waals surface area contributed by atoms with E-state index in [9.17, 15) is 13.2 Å². The van der Waals surface area contributed by atoms with Crippen molar-refractivity contribution >= 4 is 26.8 Å². The average Bonchev–Trinajstić information content (AvgIpc) is 3.13. The van der Waals surface area contributed by atoms with E-state index >= 15 is 0 Å². The van der Waals surface area contributed by atoms with Gasteiger partial charge in [0.25, 0.3) is 5.91 Å². The van der Waals surface area contributed by atoms with E-state index in [2.05, 4.69) is 9.55 Å². The van der Waals surface area contributed by atoms with Crippen molar-refractivity contribution in [2.75, 3.05) is 26.2 Å². The highest BCUT2D eigenvalue weighted by Crippen LogP contribution is 2.24. The fraction of sp³-hybridized carbons (Fsp3) is 0.300. The molecule has 0 bridgehead atoms. The maximum atomic E-state index is 13.1. The first-order valence-electron chi connectivity index (χ1n) is 9.29. The molecule has 0 radical (unpaired) electrons. The minimum atomic E-state index is -3.58. The number of nitrogens with zero attached hydrogens (tertiary/aromatic N) is 4. The number of hydrogen-bond acceptors (Lipinski definition) is 4. The van der Waals surface area contributed by atoms with E-state index in [0.29, 0.717) is 18.7 Å². The van der Waals surface area contributed by atoms with Gasteiger partial charge in [-0.15, -0.1) is 0 Å². The van der Waals surface area contributed by atoms with Crippen molar-refractivity contribution in [3.63, 3.8) is 0 Å². The summed E-state index contributed by atoms with van der Waals surface area (Å²) in [5, 5.41) is 0.930. The molecular formula is C20H22N4O3S. The van der Waals surface area contributed by atoms with E-state index in [4.69, 9.17) is 0 Å². The molecule has 0 saturated carbocycles. The van der Waals surface area contributed by atoms with E-state index in [1.807, 2.05) is 37.4 Å². The smallest absolute Gasteiger partial charge is 0.256 e. The fourth-order valence-electron chi connectivity index (χ4n) is 3.63. The molecule has 0 unspecified atom stereocenters. The van der Waals surface area contributed by atoms with Gasteiger partial charge < -0.3 is 9.47 Å². The molecule has 0 spiro atoms. The number of aryl methyl sites for hydroxylation is 1. The summed E-state index contributed by atoms with van der Waals surface area (Å²) in [4.78, 5) is 18.9. The molecule has 1 aromatic carbocycles. The van der Waals surface area contributed by atoms with Crippen LogP contribution in [0, 0.1) is 0 Å². The van der Waals surface area contributed by atoms with Crippen LogP contribution in [0.2, 0.25) is 0 Å². The molecule has 1 fully saturated rings. The van der Waals surface area contributed by atoms with Gasteiger partial charge in [-0.25, -0.2) is 8.42 Å². The van der Waals surface area contributed by atoms with Gasteiger partial charge in [-0.2, -0.15) is 4.31 Å². The van der Waals surface area contributed by atoms with Crippen LogP contribution in [-0.4, -0.2) is 59.3 Å². The number of pyridine rings is 1. The summed E-state index contributed by atoms with van der Waals surface area (Å²) in [5.74, 6) is -0.0539. The van der Waals surface area contributed by atoms with Gasteiger partial charge in [0.2, 0.25) is 10.0 Å². The van der Waals surface area contributed by atoms with E-state index < -0.39 is 10.0 Å². The number of fused-ring (bicyclic) bond motifs is 1. The molecular weight excluding hydrogens is 376 g/mol. The van der Waals surface area contributed by atoms with Crippen LogP contribution < -0.4 is 0 Å². The lowest BCUT2D eigenvalue weighted by Crippen LogP contribution is -2.50. The summed E-state index contributed by atoms with van der Waals surface area (Å²) in [6.45, 7) is 4.10. The van der Waals surface area contributed by atoms with Crippen LogP contribution in [0.4, 0.5) is 0 Å². The maximum absolute atomic E-state index is 13.1. The van der Waals surface area contributed by atoms with Crippen LogP contribution in [-0.2, 0) is 16.6 Å². The van der Waals surface area contributed by atoms with Crippen molar-refractivity contribution in [2.24, 2.45) is 0 Å². The summed E-state index contributed by atoms with van der Waals surface area (Å²) >= 11 is 0. The fourth-order valence-corrected chi connectivity index (χ4v) is 5.02. The first-order chi connectivity index (χ1) is 13.5. The Hall–Kier alpha value is -2.71. The van der Waals surface area contributed by atoms with Crippen molar-refractivity contribution in [2.45, 2.75) is 18.4 Å². The quantitative estimate of drug-likeness (QED) is 0.675. The molecule has 0 N–H and O–H groups in total. The molecule has 0 atom stereocenters. The van der Waals surface area contributed by atoms with Gasteiger partial charge in [0.05, 0.1) is 5.56 Å². The van der Waals surface area contributed by atoms with Crippen LogP contribution in [0.1, 0.15) is 17.3 Å². The van der Waals surface area contributed by atoms with Gasteiger partial charge >= 0.3 is 0 Å². The first-order valence-corrected chi connectivity index (χ1v) is 10.7. The largest absolute Gasteiger partial charge is 0.347 e. The Kier molecular flexibility index (Phi) is 4.91. The molecule has 146 valence electrons. The molecule has 2 aromatic heterocycles. The van der Waals surface area contributed by atoms with Crippen molar-refractivity contribution < 1.29 is 13.2 Å². The number of para-hydroxylation sites is 1. The number of carbonyl (C=O) groups excluding carboxylic acids is 1. The molecule has 8 heteroatoms. The van der Waals surface area contributed by atoms with Crippen LogP contribution in [0.15, 0.2) is 59.9 Å². The van der Waals surface area contributed by atoms with Crippen molar-refractivity contribution in [1.29, 1.82) is 0 Å². The third kappa shape index (κ3) is 3.18. The van der Waals surface area contributed by atoms with Gasteiger partial charge in [-0.3, -0.25) is 9.78 Å². The number of rotatable bonds is 4. The van der Waals surface area contributed by atoms with Crippen molar-refractivity contribution in [3.05, 3.63) is 60.6 Å². The zero-order valence-electron chi connectivity index (χ0n) is 15.7. The number of sulfonamides is 1. The van der Waals surface area contributed by atoms with Crippen LogP contribution >= 0.6 is 0 Å². The van der Waals surface area contributed by atoms with E-state index in [1.54, 1.807) is 23.2 Å². The van der Waals surface area contributed by atoms with Gasteiger partial charge in [-0.1, -0.05) is 18.2 Å². The number of aromatic nitrogens is 2. The Morgan fingerprint density at radius 3 is 2.50 bits per heavy atom. The zero-order chi connectivity index (χ0) is 19.7. The minimum absolute atomic E-state index is 0.0539. The second-order valence-corrected chi connectivity index (χ2v) is 8.67. The highest BCUT2D eigenvalue weighted by atomic mass is 32.2. The standard InChI is InChI=1S/C20H22N4O3S/c1-2-22-15-18(17-7-3-4-8-19(17)22)20(25)23-10-12-24(13-11-23)28(26,27)16-6-5-9-21-14-16/h3-9,14-15H,2,10-13H2,1H3. The second-order valence-electron chi connectivity index (χ2n) is 6.73. The highest BCUT2D eigenvalue weighted by molar-refractivity contribution is 7.89. The zero-order valence-corrected chi connectivity index (χ0v) is 16.5. The van der Waals surface area contributed by atoms with Gasteiger partial charge in [0, 0.05) is 62.2 Å². The van der Waals surface area contributed by atoms with Gasteiger partial charge in [-0.05, 0) is 25.1 Å². The molecule has 3 aromatic rings. The molecule has 1 amide bonds. The lowest BCUT2D eigenvalue weighted by molar-refractivity contribution is 0.0699. The van der Waals surface area contributed by atoms with Crippen molar-refractivity contribution in [3.8, 4) is 0 Å². The summed E-state index contributed by atoms with van der Waals surface area (Å²) in [5.41, 5.74) is 1.70. The van der Waals surface area contributed by atoms with Crippen LogP contribution in [0.3, 0.4) is 0 Å². The Labute approximate surface area is 164 Å². The predicted molar refractivity (Wildman–Crippen MR) is 107 cm³/mol. The monoisotopic (exact) mass is 398 g/mol. The summed E-state index contributed by atoms with van der Waals surface area (Å²) in [6.07, 6.45) is 4.79. The molecule has 7 nitrogen and oxygen atoms in total. The first kappa shape index (κ1) is 18.6. The molecule has 28 heavy (non-hydrogen) atoms. The number of hydrogen-bond donors (Lipinski definition) is 0. The van der Waals surface area contributed by atoms with E-state index in [-0.39, 0.29) is 23.9 Å². The molecule has 0 aliphatic carbocycles. The molecule has 4 rings (SSSR count). The number of benzene rings is 1. The molecule has 1 aliphatic rings. The third-order valence-corrected chi connectivity index (χ3v) is 7.04. The molecule has 1 aliphatic heterocycles. The Morgan fingerprint density at radius 2 is 1.82 bits per heavy atom. The van der Waals surface area contributed by atoms with Crippen LogP contribution in [0.5, 0.6) is 0 Å². The Balaban J connectivity index is 1.52. The normalized spacial score (nSPS) is 15.8. The molecule has 3 heterocycles. The lowest BCUT2D eigenvalue weighted by atomic mass is 10.1. The van der Waals surface area contributed by atoms with E-state index in [0.717, 1.165) is 17.4 Å². The Bertz CT molecular complexity index is 1100. The third-order valence-electron chi connectivity index (χ3n) is 5.16. The summed E-state index contributed by atoms with van der Waals surface area (Å²) in [7, 11) is -3.58. The number of amides is 1. The summed E-state index contributed by atoms with van der Waals surface area (Å²) < 4.78 is 28.9. The predicted octanol–water partition coefficient (Wildman–Crippen LogP) is 2.20. The minimum Gasteiger partial charge on any atom is -0.347 e. The van der Waals surface area contributed by atoms with Crippen molar-refractivity contribution in [1.82, 2.24) is 18.8 Å². The average molecular weight is 398 g/mol. The lowest BCUT2D eigenvalue weighted by Gasteiger charge is -2.33. The number of carbonyl (C=O) groups is 1. The van der Waals surface area contributed by atoms with Crippen LogP contribution in [0.25, 0.3) is 10.9 Å². The highest BCUT2D eigenvalue weighted by Gasteiger charge is 2.31. The van der Waals surface area contributed by atoms with Gasteiger partial charge in [0.15, 0.2) is 0 Å². The Morgan fingerprint density at radius 1 is 1.07 bits per heavy atom. The summed E-state index contributed by atoms with van der Waals surface area (Å²) in [6, 6.07) is 11.0. The second kappa shape index (κ2) is 7.37. The molecule has 1 saturated heterocycles.